The maximum absolute atomic E-state index is 15.3. The van der Waals surface area contributed by atoms with Crippen molar-refractivity contribution >= 4 is 40.9 Å². The zero-order valence-corrected chi connectivity index (χ0v) is 28.7. The molecule has 0 radical (unpaired) electrons. The van der Waals surface area contributed by atoms with Crippen LogP contribution in [-0.2, 0) is 24.6 Å². The SMILES string of the molecule is O=C1[C@@H]2C[C@@H]3C(=CC[C@@H]4C(=O)N(C5CCCCC5)C(=O)[C@@H]43)[C@H](c3ccccc3OCCO)[C@]2(c2ccc(Cl)cc2)C(=O)N1Nc1ccc(F)cc1. The molecule has 0 spiro atoms. The smallest absolute Gasteiger partial charge is 0.260 e. The Hall–Kier alpha value is -4.54. The van der Waals surface area contributed by atoms with Crippen molar-refractivity contribution in [1.29, 1.82) is 0 Å². The van der Waals surface area contributed by atoms with Crippen molar-refractivity contribution in [3.8, 4) is 5.75 Å². The quantitative estimate of drug-likeness (QED) is 0.212. The Balaban J connectivity index is 1.32. The minimum atomic E-state index is -1.52. The lowest BCUT2D eigenvalue weighted by atomic mass is 9.49. The van der Waals surface area contributed by atoms with Gasteiger partial charge in [-0.3, -0.25) is 29.5 Å². The second kappa shape index (κ2) is 13.2. The molecule has 2 heterocycles. The van der Waals surface area contributed by atoms with Gasteiger partial charge in [0.25, 0.3) is 11.8 Å². The van der Waals surface area contributed by atoms with Gasteiger partial charge in [0.2, 0.25) is 11.8 Å². The molecule has 0 unspecified atom stereocenters. The predicted octanol–water partition coefficient (Wildman–Crippen LogP) is 6.17. The van der Waals surface area contributed by atoms with E-state index in [-0.39, 0.29) is 37.5 Å². The van der Waals surface area contributed by atoms with Gasteiger partial charge in [-0.25, -0.2) is 4.39 Å². The van der Waals surface area contributed by atoms with E-state index >= 15 is 4.79 Å². The van der Waals surface area contributed by atoms with Gasteiger partial charge >= 0.3 is 0 Å². The van der Waals surface area contributed by atoms with Gasteiger partial charge in [-0.1, -0.05) is 72.8 Å². The Bertz CT molecular complexity index is 1910. The molecule has 2 saturated heterocycles. The average molecular weight is 712 g/mol. The van der Waals surface area contributed by atoms with Crippen molar-refractivity contribution in [2.75, 3.05) is 18.6 Å². The minimum Gasteiger partial charge on any atom is -0.491 e. The highest BCUT2D eigenvalue weighted by molar-refractivity contribution is 6.30. The summed E-state index contributed by atoms with van der Waals surface area (Å²) in [6.07, 6.45) is 7.12. The Kier molecular flexibility index (Phi) is 8.71. The summed E-state index contributed by atoms with van der Waals surface area (Å²) in [5.74, 6) is -4.81. The zero-order valence-electron chi connectivity index (χ0n) is 28.0. The van der Waals surface area contributed by atoms with Gasteiger partial charge in [0.1, 0.15) is 18.2 Å². The first kappa shape index (κ1) is 33.6. The molecule has 3 aliphatic carbocycles. The number of nitrogens with zero attached hydrogens (tertiary/aromatic N) is 2. The van der Waals surface area contributed by atoms with E-state index in [2.05, 4.69) is 5.43 Å². The number of rotatable bonds is 8. The first-order valence-corrected chi connectivity index (χ1v) is 18.2. The number of carbonyl (C=O) groups excluding carboxylic acids is 4. The van der Waals surface area contributed by atoms with Crippen LogP contribution in [0.4, 0.5) is 10.1 Å². The number of imide groups is 2. The summed E-state index contributed by atoms with van der Waals surface area (Å²) < 4.78 is 20.0. The molecular weight excluding hydrogens is 673 g/mol. The van der Waals surface area contributed by atoms with Crippen molar-refractivity contribution in [1.82, 2.24) is 9.91 Å². The van der Waals surface area contributed by atoms with Crippen molar-refractivity contribution in [2.45, 2.75) is 62.3 Å². The minimum absolute atomic E-state index is 0.00272. The summed E-state index contributed by atoms with van der Waals surface area (Å²) in [7, 11) is 0. The van der Waals surface area contributed by atoms with Gasteiger partial charge in [0.15, 0.2) is 0 Å². The van der Waals surface area contributed by atoms with Crippen LogP contribution in [0, 0.1) is 29.5 Å². The van der Waals surface area contributed by atoms with E-state index in [1.165, 1.54) is 29.2 Å². The summed E-state index contributed by atoms with van der Waals surface area (Å²) >= 11 is 6.39. The molecule has 3 aromatic carbocycles. The van der Waals surface area contributed by atoms with Crippen molar-refractivity contribution in [3.63, 3.8) is 0 Å². The van der Waals surface area contributed by atoms with Crippen LogP contribution in [0.1, 0.15) is 62.0 Å². The maximum Gasteiger partial charge on any atom is 0.260 e. The van der Waals surface area contributed by atoms with E-state index in [0.29, 0.717) is 34.0 Å². The van der Waals surface area contributed by atoms with E-state index in [1.807, 2.05) is 18.2 Å². The first-order chi connectivity index (χ1) is 24.7. The van der Waals surface area contributed by atoms with Crippen LogP contribution in [0.25, 0.3) is 0 Å². The number of nitrogens with one attached hydrogen (secondary N) is 1. The van der Waals surface area contributed by atoms with Gasteiger partial charge in [0, 0.05) is 22.5 Å². The molecule has 0 bridgehead atoms. The van der Waals surface area contributed by atoms with Crippen molar-refractivity contribution in [3.05, 3.63) is 106 Å². The van der Waals surface area contributed by atoms with E-state index in [4.69, 9.17) is 16.3 Å². The molecule has 2 aliphatic heterocycles. The number of carbonyl (C=O) groups is 4. The highest BCUT2D eigenvalue weighted by Gasteiger charge is 2.70. The third-order valence-electron chi connectivity index (χ3n) is 11.8. The second-order valence-electron chi connectivity index (χ2n) is 14.3. The number of anilines is 1. The molecule has 4 fully saturated rings. The van der Waals surface area contributed by atoms with Gasteiger partial charge < -0.3 is 9.84 Å². The second-order valence-corrected chi connectivity index (χ2v) is 14.8. The lowest BCUT2D eigenvalue weighted by Gasteiger charge is -2.50. The summed E-state index contributed by atoms with van der Waals surface area (Å²) in [6.45, 7) is -0.234. The summed E-state index contributed by atoms with van der Waals surface area (Å²) in [5, 5.41) is 11.2. The summed E-state index contributed by atoms with van der Waals surface area (Å²) in [4.78, 5) is 60.2. The molecule has 4 amide bonds. The number of hydrogen-bond acceptors (Lipinski definition) is 7. The molecular formula is C40H39ClFN3O6. The molecule has 11 heteroatoms. The monoisotopic (exact) mass is 711 g/mol. The number of fused-ring (bicyclic) bond motifs is 4. The molecule has 51 heavy (non-hydrogen) atoms. The number of aliphatic hydroxyl groups is 1. The Labute approximate surface area is 300 Å². The maximum atomic E-state index is 15.3. The summed E-state index contributed by atoms with van der Waals surface area (Å²) in [6, 6.07) is 19.5. The largest absolute Gasteiger partial charge is 0.491 e. The molecule has 264 valence electrons. The first-order valence-electron chi connectivity index (χ1n) is 17.8. The number of ether oxygens (including phenoxy) is 1. The van der Waals surface area contributed by atoms with Gasteiger partial charge in [-0.15, -0.1) is 0 Å². The third-order valence-corrected chi connectivity index (χ3v) is 12.1. The number of allylic oxidation sites excluding steroid dienone is 2. The molecule has 5 aliphatic rings. The topological polar surface area (TPSA) is 116 Å². The lowest BCUT2D eigenvalue weighted by molar-refractivity contribution is -0.144. The van der Waals surface area contributed by atoms with Gasteiger partial charge in [-0.05, 0) is 79.6 Å². The normalized spacial score (nSPS) is 29.1. The standard InChI is InChI=1S/C40H39ClFN3O6/c41-24-12-10-23(11-13-24)40-32(37(48)45(39(40)50)43-26-16-14-25(42)15-17-26)22-31-28(35(40)29-8-4-5-9-33(29)51-21-20-46)18-19-30-34(31)38(49)44(36(30)47)27-6-2-1-3-7-27/h4-5,8-18,27,30-32,34-35,43,46H,1-3,6-7,19-22H2/t30-,31+,32-,34-,35+,40+/m0/s1. The lowest BCUT2D eigenvalue weighted by Crippen LogP contribution is -2.53. The number of para-hydroxylation sites is 1. The van der Waals surface area contributed by atoms with Crippen LogP contribution < -0.4 is 10.2 Å². The average Bonchev–Trinajstić information content (AvgIpc) is 3.53. The zero-order chi connectivity index (χ0) is 35.4. The number of halogens is 2. The van der Waals surface area contributed by atoms with Crippen molar-refractivity contribution < 1.29 is 33.4 Å². The van der Waals surface area contributed by atoms with E-state index < -0.39 is 52.6 Å². The van der Waals surface area contributed by atoms with Crippen LogP contribution >= 0.6 is 11.6 Å². The molecule has 6 atom stereocenters. The van der Waals surface area contributed by atoms with Crippen LogP contribution in [-0.4, -0.2) is 57.9 Å². The highest BCUT2D eigenvalue weighted by atomic mass is 35.5. The molecule has 3 aromatic rings. The van der Waals surface area contributed by atoms with E-state index in [9.17, 15) is 23.9 Å². The number of likely N-dealkylation sites (tertiary alicyclic amines) is 1. The van der Waals surface area contributed by atoms with Crippen LogP contribution in [0.2, 0.25) is 5.02 Å². The number of hydrogen-bond donors (Lipinski definition) is 2. The number of benzene rings is 3. The third kappa shape index (κ3) is 5.29. The molecule has 9 nitrogen and oxygen atoms in total. The van der Waals surface area contributed by atoms with Crippen molar-refractivity contribution in [2.24, 2.45) is 23.7 Å². The van der Waals surface area contributed by atoms with E-state index in [0.717, 1.165) is 42.7 Å². The predicted molar refractivity (Wildman–Crippen MR) is 187 cm³/mol. The fraction of sp³-hybridized carbons (Fsp3) is 0.400. The van der Waals surface area contributed by atoms with Crippen LogP contribution in [0.3, 0.4) is 0 Å². The Morgan fingerprint density at radius 3 is 2.33 bits per heavy atom. The molecule has 0 aromatic heterocycles. The number of aliphatic hydroxyl groups excluding tert-OH is 1. The fourth-order valence-corrected chi connectivity index (χ4v) is 9.86. The Morgan fingerprint density at radius 1 is 0.882 bits per heavy atom. The fourth-order valence-electron chi connectivity index (χ4n) is 9.73. The summed E-state index contributed by atoms with van der Waals surface area (Å²) in [5.41, 5.74) is 3.82. The van der Waals surface area contributed by atoms with Gasteiger partial charge in [0.05, 0.1) is 35.5 Å². The van der Waals surface area contributed by atoms with Crippen LogP contribution in [0.5, 0.6) is 5.75 Å². The molecule has 8 rings (SSSR count). The molecule has 2 N–H and O–H groups in total. The molecule has 2 saturated carbocycles. The number of amides is 4. The number of hydrazine groups is 1. The Morgan fingerprint density at radius 2 is 1.61 bits per heavy atom. The van der Waals surface area contributed by atoms with Gasteiger partial charge in [-0.2, -0.15) is 5.01 Å². The van der Waals surface area contributed by atoms with E-state index in [1.54, 1.807) is 36.4 Å². The van der Waals surface area contributed by atoms with Crippen LogP contribution in [0.15, 0.2) is 84.4 Å². The highest BCUT2D eigenvalue weighted by Crippen LogP contribution is 2.65.